The number of carbonyl (C=O) groups is 1. The van der Waals surface area contributed by atoms with E-state index >= 15 is 0 Å². The van der Waals surface area contributed by atoms with E-state index in [-0.39, 0.29) is 18.3 Å². The summed E-state index contributed by atoms with van der Waals surface area (Å²) in [6, 6.07) is 1.65. The largest absolute Gasteiger partial charge is 0.393 e. The Bertz CT molecular complexity index is 794. The Morgan fingerprint density at radius 2 is 2.39 bits per heavy atom. The summed E-state index contributed by atoms with van der Waals surface area (Å²) in [5.41, 5.74) is 2.99. The molecular formula is C17H18ClN3O2. The van der Waals surface area contributed by atoms with Gasteiger partial charge in [0.15, 0.2) is 11.4 Å². The van der Waals surface area contributed by atoms with Gasteiger partial charge in [-0.05, 0) is 43.4 Å². The number of hydrogen-bond acceptors (Lipinski definition) is 4. The van der Waals surface area contributed by atoms with E-state index in [1.54, 1.807) is 29.1 Å². The Morgan fingerprint density at radius 3 is 3.17 bits per heavy atom. The van der Waals surface area contributed by atoms with Crippen molar-refractivity contribution in [1.29, 1.82) is 0 Å². The maximum Gasteiger partial charge on any atom is 0.164 e. The quantitative estimate of drug-likeness (QED) is 0.690. The summed E-state index contributed by atoms with van der Waals surface area (Å²) < 4.78 is 1.60. The Hall–Kier alpha value is -1.98. The van der Waals surface area contributed by atoms with Crippen molar-refractivity contribution in [3.63, 3.8) is 0 Å². The number of rotatable bonds is 4. The highest BCUT2D eigenvalue weighted by atomic mass is 35.5. The fourth-order valence-corrected chi connectivity index (χ4v) is 3.02. The first-order valence-corrected chi connectivity index (χ1v) is 7.99. The molecule has 1 fully saturated rings. The lowest BCUT2D eigenvalue weighted by Crippen LogP contribution is -2.13. The van der Waals surface area contributed by atoms with Crippen LogP contribution in [0, 0.1) is 0 Å². The molecule has 0 aromatic carbocycles. The van der Waals surface area contributed by atoms with E-state index in [0.29, 0.717) is 22.8 Å². The molecule has 0 bridgehead atoms. The molecule has 0 aliphatic heterocycles. The molecule has 6 heteroatoms. The maximum absolute atomic E-state index is 12.2. The molecule has 3 rings (SSSR count). The molecule has 1 aliphatic carbocycles. The molecule has 1 aliphatic rings. The average molecular weight is 332 g/mol. The van der Waals surface area contributed by atoms with Crippen LogP contribution in [0.4, 0.5) is 0 Å². The number of nitrogens with zero attached hydrogens (tertiary/aromatic N) is 3. The lowest BCUT2D eigenvalue weighted by molar-refractivity contribution is -0.113. The van der Waals surface area contributed by atoms with Gasteiger partial charge in [0, 0.05) is 18.2 Å². The third-order valence-corrected chi connectivity index (χ3v) is 4.21. The third kappa shape index (κ3) is 3.68. The van der Waals surface area contributed by atoms with Crippen molar-refractivity contribution in [2.75, 3.05) is 0 Å². The van der Waals surface area contributed by atoms with E-state index in [0.717, 1.165) is 30.4 Å². The number of allylic oxidation sites excluding steroid dienone is 2. The van der Waals surface area contributed by atoms with Crippen LogP contribution < -0.4 is 0 Å². The number of aliphatic hydroxyl groups is 1. The maximum atomic E-state index is 12.2. The topological polar surface area (TPSA) is 67.5 Å². The van der Waals surface area contributed by atoms with Gasteiger partial charge in [0.1, 0.15) is 5.15 Å². The van der Waals surface area contributed by atoms with Crippen LogP contribution in [0.25, 0.3) is 11.2 Å². The van der Waals surface area contributed by atoms with E-state index in [1.807, 2.05) is 0 Å². The molecule has 0 radical (unpaired) electrons. The summed E-state index contributed by atoms with van der Waals surface area (Å²) in [6.07, 6.45) is 8.10. The second kappa shape index (κ2) is 6.64. The summed E-state index contributed by atoms with van der Waals surface area (Å²) in [5, 5.41) is 14.2. The number of fused-ring (bicyclic) bond motifs is 1. The Kier molecular flexibility index (Phi) is 4.59. The van der Waals surface area contributed by atoms with Crippen molar-refractivity contribution in [3.05, 3.63) is 47.4 Å². The summed E-state index contributed by atoms with van der Waals surface area (Å²) in [5.74, 6) is -0.0134. The van der Waals surface area contributed by atoms with Gasteiger partial charge >= 0.3 is 0 Å². The first kappa shape index (κ1) is 15.9. The second-order valence-electron chi connectivity index (χ2n) is 5.88. The van der Waals surface area contributed by atoms with Crippen LogP contribution in [0.2, 0.25) is 5.15 Å². The lowest BCUT2D eigenvalue weighted by atomic mass is 9.91. The monoisotopic (exact) mass is 331 g/mol. The predicted octanol–water partition coefficient (Wildman–Crippen LogP) is 3.22. The molecule has 0 spiro atoms. The minimum Gasteiger partial charge on any atom is -0.393 e. The molecule has 0 unspecified atom stereocenters. The van der Waals surface area contributed by atoms with Crippen LogP contribution in [-0.2, 0) is 4.79 Å². The minimum atomic E-state index is -0.322. The SMILES string of the molecule is C=C(CC(=O)/C=C1/CCC[C@H](O)C1)c1cnn2ccc(Cl)nc12. The van der Waals surface area contributed by atoms with Crippen molar-refractivity contribution in [3.8, 4) is 0 Å². The lowest BCUT2D eigenvalue weighted by Gasteiger charge is -2.19. The zero-order chi connectivity index (χ0) is 16.4. The zero-order valence-corrected chi connectivity index (χ0v) is 13.5. The van der Waals surface area contributed by atoms with Crippen LogP contribution in [0.3, 0.4) is 0 Å². The number of halogens is 1. The smallest absolute Gasteiger partial charge is 0.164 e. The van der Waals surface area contributed by atoms with Crippen LogP contribution >= 0.6 is 11.6 Å². The molecule has 2 heterocycles. The summed E-state index contributed by atoms with van der Waals surface area (Å²) in [7, 11) is 0. The van der Waals surface area contributed by atoms with E-state index in [9.17, 15) is 9.90 Å². The normalized spacial score (nSPS) is 20.1. The Balaban J connectivity index is 1.74. The highest BCUT2D eigenvalue weighted by molar-refractivity contribution is 6.29. The van der Waals surface area contributed by atoms with Gasteiger partial charge < -0.3 is 5.11 Å². The average Bonchev–Trinajstić information content (AvgIpc) is 2.90. The summed E-state index contributed by atoms with van der Waals surface area (Å²) >= 11 is 5.92. The van der Waals surface area contributed by atoms with Crippen LogP contribution in [0.15, 0.2) is 36.7 Å². The molecule has 5 nitrogen and oxygen atoms in total. The molecule has 0 amide bonds. The first-order valence-electron chi connectivity index (χ1n) is 7.61. The minimum absolute atomic E-state index is 0.0134. The Labute approximate surface area is 139 Å². The van der Waals surface area contributed by atoms with Crippen molar-refractivity contribution < 1.29 is 9.90 Å². The molecule has 23 heavy (non-hydrogen) atoms. The van der Waals surface area contributed by atoms with Crippen molar-refractivity contribution in [1.82, 2.24) is 14.6 Å². The molecule has 0 saturated heterocycles. The molecule has 2 aromatic rings. The third-order valence-electron chi connectivity index (χ3n) is 4.00. The van der Waals surface area contributed by atoms with Gasteiger partial charge in [-0.1, -0.05) is 23.8 Å². The summed E-state index contributed by atoms with van der Waals surface area (Å²) in [6.45, 7) is 3.99. The highest BCUT2D eigenvalue weighted by Crippen LogP contribution is 2.25. The summed E-state index contributed by atoms with van der Waals surface area (Å²) in [4.78, 5) is 16.5. The van der Waals surface area contributed by atoms with E-state index in [2.05, 4.69) is 16.7 Å². The molecule has 2 aromatic heterocycles. The molecular weight excluding hydrogens is 314 g/mol. The fraction of sp³-hybridized carbons (Fsp3) is 0.353. The van der Waals surface area contributed by atoms with E-state index < -0.39 is 0 Å². The Morgan fingerprint density at radius 1 is 1.57 bits per heavy atom. The first-order chi connectivity index (χ1) is 11.0. The number of carbonyl (C=O) groups excluding carboxylic acids is 1. The van der Waals surface area contributed by atoms with Gasteiger partial charge in [0.2, 0.25) is 0 Å². The molecule has 1 atom stereocenters. The van der Waals surface area contributed by atoms with E-state index in [4.69, 9.17) is 11.6 Å². The van der Waals surface area contributed by atoms with Gasteiger partial charge in [-0.3, -0.25) is 4.79 Å². The molecule has 120 valence electrons. The van der Waals surface area contributed by atoms with Crippen molar-refractivity contribution in [2.45, 2.75) is 38.2 Å². The van der Waals surface area contributed by atoms with Gasteiger partial charge in [-0.15, -0.1) is 0 Å². The molecule has 1 N–H and O–H groups in total. The predicted molar refractivity (Wildman–Crippen MR) is 89.2 cm³/mol. The highest BCUT2D eigenvalue weighted by Gasteiger charge is 2.16. The number of hydrogen-bond donors (Lipinski definition) is 1. The van der Waals surface area contributed by atoms with Crippen LogP contribution in [0.1, 0.15) is 37.7 Å². The van der Waals surface area contributed by atoms with Gasteiger partial charge in [0.25, 0.3) is 0 Å². The molecule has 1 saturated carbocycles. The van der Waals surface area contributed by atoms with Gasteiger partial charge in [-0.2, -0.15) is 5.10 Å². The van der Waals surface area contributed by atoms with Gasteiger partial charge in [0.05, 0.1) is 12.3 Å². The standard InChI is InChI=1S/C17H18ClN3O2/c1-11(7-14(23)9-12-3-2-4-13(22)8-12)15-10-19-21-6-5-16(18)20-17(15)21/h5-6,9-10,13,22H,1-4,7-8H2/b12-9-/t13-/m0/s1. The van der Waals surface area contributed by atoms with Crippen molar-refractivity contribution in [2.24, 2.45) is 0 Å². The zero-order valence-electron chi connectivity index (χ0n) is 12.7. The second-order valence-corrected chi connectivity index (χ2v) is 6.26. The fourth-order valence-electron chi connectivity index (χ4n) is 2.88. The number of ketones is 1. The number of aromatic nitrogens is 3. The van der Waals surface area contributed by atoms with E-state index in [1.165, 1.54) is 0 Å². The van der Waals surface area contributed by atoms with Crippen LogP contribution in [0.5, 0.6) is 0 Å². The van der Waals surface area contributed by atoms with Crippen LogP contribution in [-0.4, -0.2) is 31.6 Å². The van der Waals surface area contributed by atoms with Gasteiger partial charge in [-0.25, -0.2) is 9.50 Å². The van der Waals surface area contributed by atoms with Crippen molar-refractivity contribution >= 4 is 28.6 Å². The number of aliphatic hydroxyl groups excluding tert-OH is 1.